The topological polar surface area (TPSA) is 137 Å². The van der Waals surface area contributed by atoms with E-state index in [1.165, 1.54) is 42.5 Å². The molecule has 2 atom stereocenters. The molecule has 2 bridgehead atoms. The van der Waals surface area contributed by atoms with Gasteiger partial charge in [0.05, 0.1) is 33.5 Å². The third kappa shape index (κ3) is 5.85. The number of nitrogens with one attached hydrogen (secondary N) is 2. The van der Waals surface area contributed by atoms with Crippen molar-refractivity contribution in [1.29, 1.82) is 0 Å². The minimum Gasteiger partial charge on any atom is -0.351 e. The molecule has 1 saturated carbocycles. The SMILES string of the molecule is Cc1cccc(F)c1S(=O)(=O)Nc1cccc(-c2nc(N3C4CCC3CN(C)C4)sc2-c2ccnc(NC3CC4(C3)CS(=O)(=O)C4)n2)c1F. The van der Waals surface area contributed by atoms with E-state index < -0.39 is 36.4 Å². The van der Waals surface area contributed by atoms with Crippen LogP contribution in [0.15, 0.2) is 53.6 Å². The van der Waals surface area contributed by atoms with Crippen LogP contribution in [0, 0.1) is 24.0 Å². The Morgan fingerprint density at radius 3 is 2.41 bits per heavy atom. The average molecular weight is 728 g/mol. The Morgan fingerprint density at radius 1 is 1.00 bits per heavy atom. The van der Waals surface area contributed by atoms with Crippen LogP contribution in [0.25, 0.3) is 21.8 Å². The molecule has 2 N–H and O–H groups in total. The maximum Gasteiger partial charge on any atom is 0.265 e. The lowest BCUT2D eigenvalue weighted by atomic mass is 9.67. The number of thiazole rings is 1. The fourth-order valence-corrected chi connectivity index (χ4v) is 12.9. The Bertz CT molecular complexity index is 2140. The van der Waals surface area contributed by atoms with Crippen LogP contribution < -0.4 is 14.9 Å². The minimum absolute atomic E-state index is 0.0449. The summed E-state index contributed by atoms with van der Waals surface area (Å²) in [5.41, 5.74) is 0.619. The second kappa shape index (κ2) is 11.7. The van der Waals surface area contributed by atoms with Gasteiger partial charge in [0, 0.05) is 48.4 Å². The minimum atomic E-state index is -4.47. The van der Waals surface area contributed by atoms with E-state index in [2.05, 4.69) is 31.9 Å². The summed E-state index contributed by atoms with van der Waals surface area (Å²) in [6.07, 6.45) is 5.11. The fraction of sp³-hybridized carbons (Fsp3) is 0.424. The van der Waals surface area contributed by atoms with E-state index in [1.54, 1.807) is 18.3 Å². The number of likely N-dealkylation sites (tertiary alicyclic amines) is 1. The summed E-state index contributed by atoms with van der Waals surface area (Å²) in [4.78, 5) is 18.9. The Morgan fingerprint density at radius 2 is 1.71 bits per heavy atom. The van der Waals surface area contributed by atoms with Gasteiger partial charge in [-0.1, -0.05) is 29.5 Å². The smallest absolute Gasteiger partial charge is 0.265 e. The highest BCUT2D eigenvalue weighted by molar-refractivity contribution is 7.93. The van der Waals surface area contributed by atoms with Gasteiger partial charge in [0.1, 0.15) is 10.7 Å². The summed E-state index contributed by atoms with van der Waals surface area (Å²) in [5, 5.41) is 4.07. The second-order valence-electron chi connectivity index (χ2n) is 13.9. The van der Waals surface area contributed by atoms with Crippen molar-refractivity contribution in [3.05, 3.63) is 65.9 Å². The maximum absolute atomic E-state index is 16.5. The van der Waals surface area contributed by atoms with Gasteiger partial charge >= 0.3 is 0 Å². The first kappa shape index (κ1) is 32.5. The third-order valence-electron chi connectivity index (χ3n) is 10.1. The Balaban J connectivity index is 1.15. The molecule has 1 spiro atoms. The Labute approximate surface area is 287 Å². The standard InChI is InChI=1S/C33H35F2N7O4S3/c1-19-5-3-7-24(34)30(19)49(45,46)40-25-8-4-6-23(27(25)35)28-29(47-32(39-28)42-21-9-10-22(42)16-41(2)15-21)26-11-12-36-31(38-26)37-20-13-33(14-20)17-48(43,44)18-33/h3-8,11-12,20-22,40H,9-10,13-18H2,1-2H3,(H,36,37,38). The van der Waals surface area contributed by atoms with Crippen LogP contribution in [0.2, 0.25) is 0 Å². The number of anilines is 3. The zero-order valence-corrected chi connectivity index (χ0v) is 29.3. The van der Waals surface area contributed by atoms with Gasteiger partial charge in [0.25, 0.3) is 10.0 Å². The molecule has 3 aliphatic heterocycles. The van der Waals surface area contributed by atoms with Gasteiger partial charge in [-0.15, -0.1) is 0 Å². The van der Waals surface area contributed by atoms with Gasteiger partial charge in [-0.2, -0.15) is 0 Å². The quantitative estimate of drug-likeness (QED) is 0.257. The highest BCUT2D eigenvalue weighted by Crippen LogP contribution is 2.51. The summed E-state index contributed by atoms with van der Waals surface area (Å²) in [5.74, 6) is -0.952. The normalized spacial score (nSPS) is 22.9. The summed E-state index contributed by atoms with van der Waals surface area (Å²) in [6, 6.07) is 10.6. The molecule has 4 aromatic rings. The molecular weight excluding hydrogens is 693 g/mol. The van der Waals surface area contributed by atoms with Crippen molar-refractivity contribution in [2.24, 2.45) is 5.41 Å². The predicted octanol–water partition coefficient (Wildman–Crippen LogP) is 4.93. The molecule has 0 radical (unpaired) electrons. The number of piperazine rings is 1. The zero-order chi connectivity index (χ0) is 34.3. The first-order valence-corrected chi connectivity index (χ1v) is 20.3. The highest BCUT2D eigenvalue weighted by atomic mass is 32.2. The number of halogens is 2. The summed E-state index contributed by atoms with van der Waals surface area (Å²) in [7, 11) is -5.29. The van der Waals surface area contributed by atoms with Crippen LogP contribution in [0.3, 0.4) is 0 Å². The molecule has 1 aliphatic carbocycles. The van der Waals surface area contributed by atoms with Crippen molar-refractivity contribution in [2.45, 2.75) is 55.6 Å². The van der Waals surface area contributed by atoms with Crippen molar-refractivity contribution < 1.29 is 25.6 Å². The predicted molar refractivity (Wildman–Crippen MR) is 185 cm³/mol. The molecule has 8 rings (SSSR count). The molecule has 2 unspecified atom stereocenters. The van der Waals surface area contributed by atoms with Gasteiger partial charge < -0.3 is 15.1 Å². The van der Waals surface area contributed by atoms with Crippen LogP contribution in [0.5, 0.6) is 0 Å². The van der Waals surface area contributed by atoms with E-state index >= 15 is 4.39 Å². The van der Waals surface area contributed by atoms with Gasteiger partial charge in [-0.25, -0.2) is 40.6 Å². The highest BCUT2D eigenvalue weighted by Gasteiger charge is 2.56. The lowest BCUT2D eigenvalue weighted by Gasteiger charge is -2.53. The molecule has 2 aromatic heterocycles. The number of hydrogen-bond acceptors (Lipinski definition) is 11. The fourth-order valence-electron chi connectivity index (χ4n) is 8.10. The maximum atomic E-state index is 16.5. The van der Waals surface area contributed by atoms with Gasteiger partial charge in [-0.05, 0) is 69.5 Å². The van der Waals surface area contributed by atoms with Gasteiger partial charge in [0.2, 0.25) is 5.95 Å². The van der Waals surface area contributed by atoms with Crippen LogP contribution in [-0.4, -0.2) is 86.5 Å². The molecule has 49 heavy (non-hydrogen) atoms. The first-order valence-electron chi connectivity index (χ1n) is 16.1. The van der Waals surface area contributed by atoms with Crippen molar-refractivity contribution in [2.75, 3.05) is 46.6 Å². The molecule has 2 aromatic carbocycles. The Kier molecular flexibility index (Phi) is 7.74. The molecule has 5 heterocycles. The lowest BCUT2D eigenvalue weighted by Crippen LogP contribution is -2.60. The first-order chi connectivity index (χ1) is 23.3. The number of hydrogen-bond donors (Lipinski definition) is 2. The Hall–Kier alpha value is -3.73. The van der Waals surface area contributed by atoms with Crippen LogP contribution in [-0.2, 0) is 19.9 Å². The summed E-state index contributed by atoms with van der Waals surface area (Å²) in [6.45, 7) is 3.24. The molecule has 3 saturated heterocycles. The lowest BCUT2D eigenvalue weighted by molar-refractivity contribution is 0.153. The number of sulfonamides is 1. The van der Waals surface area contributed by atoms with Crippen molar-refractivity contribution in [3.8, 4) is 21.8 Å². The van der Waals surface area contributed by atoms with Crippen molar-refractivity contribution >= 4 is 48.0 Å². The largest absolute Gasteiger partial charge is 0.351 e. The summed E-state index contributed by atoms with van der Waals surface area (Å²) < 4.78 is 83.5. The van der Waals surface area contributed by atoms with Gasteiger partial charge in [-0.3, -0.25) is 4.72 Å². The second-order valence-corrected chi connectivity index (χ2v) is 18.6. The molecule has 16 heteroatoms. The van der Waals surface area contributed by atoms with Crippen LogP contribution in [0.1, 0.15) is 31.2 Å². The zero-order valence-electron chi connectivity index (χ0n) is 26.9. The number of aromatic nitrogens is 3. The van der Waals surface area contributed by atoms with E-state index in [1.807, 2.05) is 0 Å². The number of nitrogens with zero attached hydrogens (tertiary/aromatic N) is 5. The monoisotopic (exact) mass is 727 g/mol. The molecule has 4 fully saturated rings. The molecule has 0 amide bonds. The molecule has 11 nitrogen and oxygen atoms in total. The van der Waals surface area contributed by atoms with E-state index in [4.69, 9.17) is 9.97 Å². The van der Waals surface area contributed by atoms with Crippen molar-refractivity contribution in [1.82, 2.24) is 19.9 Å². The van der Waals surface area contributed by atoms with E-state index in [9.17, 15) is 21.2 Å². The number of rotatable bonds is 8. The molecule has 258 valence electrons. The van der Waals surface area contributed by atoms with Crippen LogP contribution >= 0.6 is 11.3 Å². The summed E-state index contributed by atoms with van der Waals surface area (Å²) >= 11 is 1.41. The van der Waals surface area contributed by atoms with Gasteiger partial charge in [0.15, 0.2) is 20.8 Å². The number of benzene rings is 2. The van der Waals surface area contributed by atoms with E-state index in [-0.39, 0.29) is 51.9 Å². The average Bonchev–Trinajstić information content (AvgIpc) is 3.54. The number of fused-ring (bicyclic) bond motifs is 2. The van der Waals surface area contributed by atoms with E-state index in [0.29, 0.717) is 22.2 Å². The third-order valence-corrected chi connectivity index (χ3v) is 14.8. The molecular formula is C33H35F2N7O4S3. The van der Waals surface area contributed by atoms with E-state index in [0.717, 1.165) is 50.0 Å². The van der Waals surface area contributed by atoms with Crippen molar-refractivity contribution in [3.63, 3.8) is 0 Å². The number of aryl methyl sites for hydroxylation is 1. The molecule has 4 aliphatic rings. The number of sulfone groups is 1. The number of likely N-dealkylation sites (N-methyl/N-ethyl adjacent to an activating group) is 1. The van der Waals surface area contributed by atoms with Crippen LogP contribution in [0.4, 0.5) is 25.5 Å².